The van der Waals surface area contributed by atoms with Crippen LogP contribution in [0.3, 0.4) is 0 Å². The van der Waals surface area contributed by atoms with Gasteiger partial charge in [0, 0.05) is 39.0 Å². The standard InChI is InChI=1S/C13H22N6/c1-4-8-19-13(12(14)10(2)17-19)16-6-5-11-15-7-9-18(11)3/h7,9,16H,4-6,8,14H2,1-3H3. The van der Waals surface area contributed by atoms with Crippen molar-refractivity contribution in [1.29, 1.82) is 0 Å². The summed E-state index contributed by atoms with van der Waals surface area (Å²) in [7, 11) is 2.00. The molecule has 19 heavy (non-hydrogen) atoms. The molecule has 0 fully saturated rings. The van der Waals surface area contributed by atoms with Crippen LogP contribution in [0.4, 0.5) is 11.5 Å². The van der Waals surface area contributed by atoms with Gasteiger partial charge in [0.25, 0.3) is 0 Å². The lowest BCUT2D eigenvalue weighted by Crippen LogP contribution is -2.13. The van der Waals surface area contributed by atoms with Crippen molar-refractivity contribution in [3.8, 4) is 0 Å². The Kier molecular flexibility index (Phi) is 4.09. The van der Waals surface area contributed by atoms with Gasteiger partial charge in [-0.25, -0.2) is 9.67 Å². The highest BCUT2D eigenvalue weighted by molar-refractivity contribution is 5.64. The van der Waals surface area contributed by atoms with E-state index in [1.54, 1.807) is 0 Å². The van der Waals surface area contributed by atoms with Gasteiger partial charge in [-0.05, 0) is 13.3 Å². The van der Waals surface area contributed by atoms with Crippen LogP contribution in [0.1, 0.15) is 24.9 Å². The van der Waals surface area contributed by atoms with Crippen LogP contribution < -0.4 is 11.1 Å². The maximum atomic E-state index is 6.06. The SMILES string of the molecule is CCCn1nc(C)c(N)c1NCCc1nccn1C. The van der Waals surface area contributed by atoms with Gasteiger partial charge < -0.3 is 15.6 Å². The van der Waals surface area contributed by atoms with E-state index >= 15 is 0 Å². The Balaban J connectivity index is 2.01. The Labute approximate surface area is 113 Å². The average molecular weight is 262 g/mol. The van der Waals surface area contributed by atoms with Gasteiger partial charge in [0.2, 0.25) is 0 Å². The van der Waals surface area contributed by atoms with Gasteiger partial charge in [0.1, 0.15) is 11.6 Å². The van der Waals surface area contributed by atoms with Crippen LogP contribution in [0, 0.1) is 6.92 Å². The number of hydrogen-bond acceptors (Lipinski definition) is 4. The molecule has 104 valence electrons. The zero-order chi connectivity index (χ0) is 13.8. The summed E-state index contributed by atoms with van der Waals surface area (Å²) in [6.07, 6.45) is 5.66. The first-order valence-corrected chi connectivity index (χ1v) is 6.66. The van der Waals surface area contributed by atoms with E-state index in [4.69, 9.17) is 5.73 Å². The van der Waals surface area contributed by atoms with E-state index in [9.17, 15) is 0 Å². The fraction of sp³-hybridized carbons (Fsp3) is 0.538. The summed E-state index contributed by atoms with van der Waals surface area (Å²) in [6, 6.07) is 0. The number of nitrogens with two attached hydrogens (primary N) is 1. The van der Waals surface area contributed by atoms with Crippen molar-refractivity contribution >= 4 is 11.5 Å². The predicted octanol–water partition coefficient (Wildman–Crippen LogP) is 1.57. The number of nitrogens with zero attached hydrogens (tertiary/aromatic N) is 4. The molecule has 3 N–H and O–H groups in total. The molecule has 0 amide bonds. The van der Waals surface area contributed by atoms with E-state index in [1.807, 2.05) is 35.6 Å². The monoisotopic (exact) mass is 262 g/mol. The normalized spacial score (nSPS) is 10.9. The van der Waals surface area contributed by atoms with Gasteiger partial charge in [-0.15, -0.1) is 0 Å². The van der Waals surface area contributed by atoms with E-state index in [0.29, 0.717) is 0 Å². The summed E-state index contributed by atoms with van der Waals surface area (Å²) in [4.78, 5) is 4.30. The molecule has 0 radical (unpaired) electrons. The molecule has 0 aliphatic heterocycles. The maximum absolute atomic E-state index is 6.06. The van der Waals surface area contributed by atoms with Crippen LogP contribution in [0.5, 0.6) is 0 Å². The summed E-state index contributed by atoms with van der Waals surface area (Å²) in [6.45, 7) is 5.74. The third kappa shape index (κ3) is 2.89. The number of nitrogen functional groups attached to an aromatic ring is 1. The highest BCUT2D eigenvalue weighted by Gasteiger charge is 2.11. The lowest BCUT2D eigenvalue weighted by Gasteiger charge is -2.10. The second kappa shape index (κ2) is 5.77. The molecule has 6 heteroatoms. The van der Waals surface area contributed by atoms with E-state index in [-0.39, 0.29) is 0 Å². The molecule has 2 rings (SSSR count). The van der Waals surface area contributed by atoms with Crippen LogP contribution in [-0.4, -0.2) is 25.9 Å². The molecule has 0 unspecified atom stereocenters. The second-order valence-electron chi connectivity index (χ2n) is 4.70. The molecule has 2 heterocycles. The van der Waals surface area contributed by atoms with Crippen LogP contribution in [0.15, 0.2) is 12.4 Å². The molecule has 0 aromatic carbocycles. The quantitative estimate of drug-likeness (QED) is 0.828. The Hall–Kier alpha value is -1.98. The molecule has 0 saturated carbocycles. The van der Waals surface area contributed by atoms with Gasteiger partial charge in [0.05, 0.1) is 11.4 Å². The average Bonchev–Trinajstić information content (AvgIpc) is 2.89. The first-order chi connectivity index (χ1) is 9.13. The van der Waals surface area contributed by atoms with Crippen LogP contribution in [-0.2, 0) is 20.0 Å². The van der Waals surface area contributed by atoms with Gasteiger partial charge in [0.15, 0.2) is 0 Å². The highest BCUT2D eigenvalue weighted by atomic mass is 15.3. The third-order valence-corrected chi connectivity index (χ3v) is 3.17. The summed E-state index contributed by atoms with van der Waals surface area (Å²) < 4.78 is 3.97. The van der Waals surface area contributed by atoms with Crippen molar-refractivity contribution in [2.24, 2.45) is 7.05 Å². The van der Waals surface area contributed by atoms with Crippen molar-refractivity contribution in [1.82, 2.24) is 19.3 Å². The molecule has 0 spiro atoms. The first-order valence-electron chi connectivity index (χ1n) is 6.66. The maximum Gasteiger partial charge on any atom is 0.148 e. The lowest BCUT2D eigenvalue weighted by molar-refractivity contribution is 0.602. The topological polar surface area (TPSA) is 73.7 Å². The second-order valence-corrected chi connectivity index (χ2v) is 4.70. The van der Waals surface area contributed by atoms with E-state index < -0.39 is 0 Å². The van der Waals surface area contributed by atoms with Crippen molar-refractivity contribution in [2.75, 3.05) is 17.6 Å². The van der Waals surface area contributed by atoms with Crippen LogP contribution in [0.25, 0.3) is 0 Å². The van der Waals surface area contributed by atoms with Crippen molar-refractivity contribution in [3.63, 3.8) is 0 Å². The number of aromatic nitrogens is 4. The Morgan fingerprint density at radius 3 is 2.84 bits per heavy atom. The lowest BCUT2D eigenvalue weighted by atomic mass is 10.3. The smallest absolute Gasteiger partial charge is 0.148 e. The third-order valence-electron chi connectivity index (χ3n) is 3.17. The predicted molar refractivity (Wildman–Crippen MR) is 77.1 cm³/mol. The minimum atomic E-state index is 0.744. The summed E-state index contributed by atoms with van der Waals surface area (Å²) in [5, 5.41) is 7.82. The molecule has 0 aliphatic carbocycles. The van der Waals surface area contributed by atoms with E-state index in [1.165, 1.54) is 0 Å². The Bertz CT molecular complexity index is 539. The van der Waals surface area contributed by atoms with Crippen LogP contribution >= 0.6 is 0 Å². The summed E-state index contributed by atoms with van der Waals surface area (Å²) in [5.41, 5.74) is 7.68. The fourth-order valence-corrected chi connectivity index (χ4v) is 2.09. The summed E-state index contributed by atoms with van der Waals surface area (Å²) >= 11 is 0. The molecule has 0 aliphatic rings. The molecular weight excluding hydrogens is 240 g/mol. The van der Waals surface area contributed by atoms with Crippen molar-refractivity contribution < 1.29 is 0 Å². The van der Waals surface area contributed by atoms with Gasteiger partial charge >= 0.3 is 0 Å². The van der Waals surface area contributed by atoms with E-state index in [0.717, 1.165) is 49.0 Å². The van der Waals surface area contributed by atoms with Gasteiger partial charge in [-0.3, -0.25) is 0 Å². The zero-order valence-electron chi connectivity index (χ0n) is 11.8. The first kappa shape index (κ1) is 13.5. The molecule has 0 saturated heterocycles. The van der Waals surface area contributed by atoms with Crippen LogP contribution in [0.2, 0.25) is 0 Å². The van der Waals surface area contributed by atoms with Crippen molar-refractivity contribution in [2.45, 2.75) is 33.2 Å². The number of anilines is 2. The van der Waals surface area contributed by atoms with Gasteiger partial charge in [-0.1, -0.05) is 6.92 Å². The number of aryl methyl sites for hydroxylation is 3. The molecular formula is C13H22N6. The number of nitrogens with one attached hydrogen (secondary N) is 1. The molecule has 0 atom stereocenters. The van der Waals surface area contributed by atoms with Gasteiger partial charge in [-0.2, -0.15) is 5.10 Å². The zero-order valence-corrected chi connectivity index (χ0v) is 11.8. The number of hydrogen-bond donors (Lipinski definition) is 2. The highest BCUT2D eigenvalue weighted by Crippen LogP contribution is 2.22. The molecule has 0 bridgehead atoms. The molecule has 2 aromatic heterocycles. The summed E-state index contributed by atoms with van der Waals surface area (Å²) in [5.74, 6) is 1.98. The fourth-order valence-electron chi connectivity index (χ4n) is 2.09. The largest absolute Gasteiger partial charge is 0.394 e. The molecule has 2 aromatic rings. The Morgan fingerprint density at radius 1 is 1.42 bits per heavy atom. The minimum absolute atomic E-state index is 0.744. The molecule has 6 nitrogen and oxygen atoms in total. The Morgan fingerprint density at radius 2 is 2.21 bits per heavy atom. The number of rotatable bonds is 6. The number of imidazole rings is 1. The van der Waals surface area contributed by atoms with E-state index in [2.05, 4.69) is 22.3 Å². The van der Waals surface area contributed by atoms with Crippen molar-refractivity contribution in [3.05, 3.63) is 23.9 Å². The minimum Gasteiger partial charge on any atom is -0.394 e.